The zero-order valence-corrected chi connectivity index (χ0v) is 21.1. The molecule has 14 nitrogen and oxygen atoms in total. The minimum absolute atomic E-state index is 0.0768. The molecule has 2 atom stereocenters. The Kier molecular flexibility index (Phi) is 7.01. The van der Waals surface area contributed by atoms with Gasteiger partial charge in [0.2, 0.25) is 33.7 Å². The summed E-state index contributed by atoms with van der Waals surface area (Å²) in [5.74, 6) is 0.274. The van der Waals surface area contributed by atoms with Crippen molar-refractivity contribution in [2.24, 2.45) is 0 Å². The predicted octanol–water partition coefficient (Wildman–Crippen LogP) is 1.27. The topological polar surface area (TPSA) is 159 Å². The normalized spacial score (nSPS) is 20.1. The molecule has 5 rings (SSSR count). The van der Waals surface area contributed by atoms with Gasteiger partial charge in [-0.05, 0) is 25.7 Å². The molecule has 3 aromatic rings. The second kappa shape index (κ2) is 10.4. The number of halogens is 1. The zero-order chi connectivity index (χ0) is 26.0. The zero-order valence-electron chi connectivity index (χ0n) is 20.2. The van der Waals surface area contributed by atoms with Crippen LogP contribution in [0.15, 0.2) is 18.7 Å². The molecule has 2 fully saturated rings. The standard InChI is InChI=1S/C21H26FN9O5S/c1-34-18-16(19(35-2)26-12-25-18)31-17(15-6-4-8-36-15)27-28-21(31)29-37(32,33)14-5-3-7-30(11-14)20-23-9-13(22)10-24-20/h9-10,12,14-15H,3-8,11H2,1-2H3,(H,28,29)/t14-,15-/m1/s1. The molecule has 37 heavy (non-hydrogen) atoms. The lowest BCUT2D eigenvalue weighted by atomic mass is 10.1. The van der Waals surface area contributed by atoms with E-state index in [-0.39, 0.29) is 35.9 Å². The van der Waals surface area contributed by atoms with Crippen molar-refractivity contribution in [1.82, 2.24) is 34.7 Å². The monoisotopic (exact) mass is 535 g/mol. The van der Waals surface area contributed by atoms with Gasteiger partial charge in [0, 0.05) is 19.7 Å². The fraction of sp³-hybridized carbons (Fsp3) is 0.524. The third kappa shape index (κ3) is 4.98. The number of aromatic nitrogens is 7. The first kappa shape index (κ1) is 25.0. The van der Waals surface area contributed by atoms with E-state index in [4.69, 9.17) is 14.2 Å². The van der Waals surface area contributed by atoms with Gasteiger partial charge in [-0.25, -0.2) is 22.8 Å². The number of anilines is 2. The van der Waals surface area contributed by atoms with E-state index in [0.717, 1.165) is 18.8 Å². The van der Waals surface area contributed by atoms with E-state index in [1.807, 2.05) is 0 Å². The lowest BCUT2D eigenvalue weighted by Crippen LogP contribution is -2.45. The number of hydrogen-bond donors (Lipinski definition) is 1. The van der Waals surface area contributed by atoms with Crippen LogP contribution in [0.4, 0.5) is 16.3 Å². The highest BCUT2D eigenvalue weighted by atomic mass is 32.2. The number of nitrogens with zero attached hydrogens (tertiary/aromatic N) is 8. The van der Waals surface area contributed by atoms with Crippen molar-refractivity contribution in [3.05, 3.63) is 30.4 Å². The number of hydrogen-bond acceptors (Lipinski definition) is 12. The fourth-order valence-electron chi connectivity index (χ4n) is 4.46. The molecule has 1 N–H and O–H groups in total. The van der Waals surface area contributed by atoms with Gasteiger partial charge in [-0.1, -0.05) is 0 Å². The van der Waals surface area contributed by atoms with Crippen LogP contribution in [-0.2, 0) is 14.8 Å². The highest BCUT2D eigenvalue weighted by Gasteiger charge is 2.36. The van der Waals surface area contributed by atoms with Gasteiger partial charge in [0.05, 0.1) is 31.9 Å². The molecule has 16 heteroatoms. The Morgan fingerprint density at radius 2 is 1.78 bits per heavy atom. The quantitative estimate of drug-likeness (QED) is 0.441. The van der Waals surface area contributed by atoms with Crippen LogP contribution in [0.5, 0.6) is 11.8 Å². The molecule has 0 aliphatic carbocycles. The summed E-state index contributed by atoms with van der Waals surface area (Å²) in [6, 6.07) is 0. The summed E-state index contributed by atoms with van der Waals surface area (Å²) in [7, 11) is -1.11. The van der Waals surface area contributed by atoms with E-state index in [1.54, 1.807) is 4.90 Å². The van der Waals surface area contributed by atoms with E-state index in [0.29, 0.717) is 38.2 Å². The molecule has 2 aliphatic rings. The number of piperidine rings is 1. The smallest absolute Gasteiger partial charge is 0.245 e. The molecule has 3 aromatic heterocycles. The molecule has 2 aliphatic heterocycles. The first-order chi connectivity index (χ1) is 17.9. The second-order valence-corrected chi connectivity index (χ2v) is 10.5. The molecule has 0 radical (unpaired) electrons. The number of nitrogens with one attached hydrogen (secondary N) is 1. The summed E-state index contributed by atoms with van der Waals surface area (Å²) >= 11 is 0. The molecule has 0 aromatic carbocycles. The summed E-state index contributed by atoms with van der Waals surface area (Å²) in [6.45, 7) is 1.21. The molecule has 0 unspecified atom stereocenters. The maximum Gasteiger partial charge on any atom is 0.245 e. The summed E-state index contributed by atoms with van der Waals surface area (Å²) in [4.78, 5) is 18.0. The van der Waals surface area contributed by atoms with E-state index >= 15 is 0 Å². The Hall–Kier alpha value is -3.66. The van der Waals surface area contributed by atoms with Crippen LogP contribution in [0.3, 0.4) is 0 Å². The minimum Gasteiger partial charge on any atom is -0.479 e. The van der Waals surface area contributed by atoms with Crippen LogP contribution in [0, 0.1) is 5.82 Å². The predicted molar refractivity (Wildman–Crippen MR) is 128 cm³/mol. The lowest BCUT2D eigenvalue weighted by molar-refractivity contribution is 0.103. The molecular formula is C21H26FN9O5S. The van der Waals surface area contributed by atoms with Crippen LogP contribution in [0.25, 0.3) is 5.69 Å². The summed E-state index contributed by atoms with van der Waals surface area (Å²) < 4.78 is 61.1. The van der Waals surface area contributed by atoms with Crippen LogP contribution in [0.2, 0.25) is 0 Å². The Morgan fingerprint density at radius 1 is 1.05 bits per heavy atom. The maximum absolute atomic E-state index is 13.6. The van der Waals surface area contributed by atoms with Crippen LogP contribution in [0.1, 0.15) is 37.6 Å². The van der Waals surface area contributed by atoms with E-state index in [1.165, 1.54) is 25.1 Å². The summed E-state index contributed by atoms with van der Waals surface area (Å²) in [5.41, 5.74) is 0.241. The Labute approximate surface area is 212 Å². The van der Waals surface area contributed by atoms with Crippen molar-refractivity contribution in [3.8, 4) is 17.4 Å². The lowest BCUT2D eigenvalue weighted by Gasteiger charge is -2.32. The van der Waals surface area contributed by atoms with Crippen LogP contribution < -0.4 is 19.1 Å². The van der Waals surface area contributed by atoms with Crippen molar-refractivity contribution >= 4 is 21.9 Å². The van der Waals surface area contributed by atoms with E-state index in [9.17, 15) is 12.8 Å². The summed E-state index contributed by atoms with van der Waals surface area (Å²) in [6.07, 6.45) is 5.44. The third-order valence-corrected chi connectivity index (χ3v) is 7.94. The molecular weight excluding hydrogens is 509 g/mol. The third-order valence-electron chi connectivity index (χ3n) is 6.21. The molecule has 0 saturated carbocycles. The second-order valence-electron chi connectivity index (χ2n) is 8.52. The molecule has 0 amide bonds. The van der Waals surface area contributed by atoms with Crippen molar-refractivity contribution in [2.75, 3.05) is 43.5 Å². The average molecular weight is 536 g/mol. The van der Waals surface area contributed by atoms with Crippen LogP contribution >= 0.6 is 0 Å². The van der Waals surface area contributed by atoms with Crippen molar-refractivity contribution in [2.45, 2.75) is 37.0 Å². The highest BCUT2D eigenvalue weighted by molar-refractivity contribution is 7.93. The van der Waals surface area contributed by atoms with Crippen molar-refractivity contribution in [3.63, 3.8) is 0 Å². The van der Waals surface area contributed by atoms with Gasteiger partial charge in [-0.3, -0.25) is 9.29 Å². The Morgan fingerprint density at radius 3 is 2.43 bits per heavy atom. The van der Waals surface area contributed by atoms with Gasteiger partial charge in [0.25, 0.3) is 0 Å². The average Bonchev–Trinajstić information content (AvgIpc) is 3.58. The number of rotatable bonds is 8. The number of sulfonamides is 1. The Balaban J connectivity index is 1.50. The highest BCUT2D eigenvalue weighted by Crippen LogP contribution is 2.37. The molecule has 2 saturated heterocycles. The van der Waals surface area contributed by atoms with Crippen molar-refractivity contribution in [1.29, 1.82) is 0 Å². The van der Waals surface area contributed by atoms with Gasteiger partial charge in [-0.2, -0.15) is 9.97 Å². The molecule has 198 valence electrons. The minimum atomic E-state index is -3.97. The number of methoxy groups -OCH3 is 2. The van der Waals surface area contributed by atoms with Crippen LogP contribution in [-0.4, -0.2) is 82.3 Å². The van der Waals surface area contributed by atoms with Gasteiger partial charge in [0.1, 0.15) is 12.4 Å². The number of ether oxygens (including phenoxy) is 3. The Bertz CT molecular complexity index is 1330. The first-order valence-electron chi connectivity index (χ1n) is 11.7. The van der Waals surface area contributed by atoms with E-state index in [2.05, 4.69) is 34.9 Å². The van der Waals surface area contributed by atoms with Gasteiger partial charge < -0.3 is 19.1 Å². The van der Waals surface area contributed by atoms with Crippen molar-refractivity contribution < 1.29 is 27.0 Å². The van der Waals surface area contributed by atoms with Gasteiger partial charge >= 0.3 is 0 Å². The summed E-state index contributed by atoms with van der Waals surface area (Å²) in [5, 5.41) is 7.59. The molecule has 0 bridgehead atoms. The fourth-order valence-corrected chi connectivity index (χ4v) is 5.87. The molecule has 0 spiro atoms. The van der Waals surface area contributed by atoms with Gasteiger partial charge in [-0.15, -0.1) is 10.2 Å². The van der Waals surface area contributed by atoms with E-state index < -0.39 is 27.2 Å². The largest absolute Gasteiger partial charge is 0.479 e. The van der Waals surface area contributed by atoms with Gasteiger partial charge in [0.15, 0.2) is 17.3 Å². The maximum atomic E-state index is 13.6. The SMILES string of the molecule is COc1ncnc(OC)c1-n1c(NS(=O)(=O)[C@@H]2CCCN(c3ncc(F)cn3)C2)nnc1[C@H]1CCCO1. The first-order valence-corrected chi connectivity index (χ1v) is 13.2. The molecule has 5 heterocycles.